The van der Waals surface area contributed by atoms with Crippen LogP contribution < -0.4 is 10.6 Å². The Morgan fingerprint density at radius 2 is 2.43 bits per heavy atom. The van der Waals surface area contributed by atoms with Crippen molar-refractivity contribution in [1.82, 2.24) is 10.3 Å². The molecule has 0 aromatic carbocycles. The first-order chi connectivity index (χ1) is 10.2. The fraction of sp³-hybridized carbons (Fsp3) is 0.600. The maximum absolute atomic E-state index is 10.2. The molecule has 2 rings (SSSR count). The summed E-state index contributed by atoms with van der Waals surface area (Å²) in [6.45, 7) is 4.28. The van der Waals surface area contributed by atoms with E-state index in [9.17, 15) is 4.79 Å². The van der Waals surface area contributed by atoms with Crippen molar-refractivity contribution in [1.29, 1.82) is 0 Å². The minimum absolute atomic E-state index is 0.0991. The average Bonchev–Trinajstić information content (AvgIpc) is 2.52. The molecule has 0 amide bonds. The first kappa shape index (κ1) is 15.7. The summed E-state index contributed by atoms with van der Waals surface area (Å²) in [7, 11) is 1.91. The van der Waals surface area contributed by atoms with Crippen LogP contribution in [-0.2, 0) is 20.7 Å². The molecule has 0 radical (unpaired) electrons. The number of aryl methyl sites for hydroxylation is 1. The molecule has 6 heteroatoms. The Kier molecular flexibility index (Phi) is 5.95. The van der Waals surface area contributed by atoms with Crippen molar-refractivity contribution in [2.75, 3.05) is 32.1 Å². The lowest BCUT2D eigenvalue weighted by atomic mass is 10.0. The molecule has 1 aromatic rings. The predicted octanol–water partition coefficient (Wildman–Crippen LogP) is 0.894. The van der Waals surface area contributed by atoms with Crippen LogP contribution in [0.15, 0.2) is 12.4 Å². The Morgan fingerprint density at radius 3 is 3.10 bits per heavy atom. The second-order valence-corrected chi connectivity index (χ2v) is 5.26. The van der Waals surface area contributed by atoms with Crippen molar-refractivity contribution in [3.05, 3.63) is 23.5 Å². The summed E-state index contributed by atoms with van der Waals surface area (Å²) < 4.78 is 10.6. The van der Waals surface area contributed by atoms with Gasteiger partial charge in [0, 0.05) is 19.8 Å². The number of anilines is 1. The highest BCUT2D eigenvalue weighted by atomic mass is 16.5. The molecule has 1 fully saturated rings. The van der Waals surface area contributed by atoms with Gasteiger partial charge in [0.05, 0.1) is 30.6 Å². The lowest BCUT2D eigenvalue weighted by Crippen LogP contribution is -2.48. The topological polar surface area (TPSA) is 72.5 Å². The number of carbonyl (C=O) groups is 1. The van der Waals surface area contributed by atoms with Crippen molar-refractivity contribution >= 4 is 12.2 Å². The summed E-state index contributed by atoms with van der Waals surface area (Å²) in [5.41, 5.74) is 3.57. The van der Waals surface area contributed by atoms with E-state index >= 15 is 0 Å². The van der Waals surface area contributed by atoms with Gasteiger partial charge in [0.25, 0.3) is 6.47 Å². The molecule has 0 spiro atoms. The van der Waals surface area contributed by atoms with Crippen molar-refractivity contribution < 1.29 is 14.3 Å². The first-order valence-corrected chi connectivity index (χ1v) is 7.26. The van der Waals surface area contributed by atoms with Gasteiger partial charge in [-0.1, -0.05) is 0 Å². The number of aromatic nitrogens is 1. The predicted molar refractivity (Wildman–Crippen MR) is 80.4 cm³/mol. The monoisotopic (exact) mass is 293 g/mol. The largest absolute Gasteiger partial charge is 0.466 e. The van der Waals surface area contributed by atoms with Gasteiger partial charge in [-0.15, -0.1) is 0 Å². The third kappa shape index (κ3) is 4.41. The third-order valence-electron chi connectivity index (χ3n) is 3.79. The van der Waals surface area contributed by atoms with E-state index in [-0.39, 0.29) is 12.1 Å². The summed E-state index contributed by atoms with van der Waals surface area (Å²) in [5, 5.41) is 6.53. The molecular weight excluding hydrogens is 270 g/mol. The molecular formula is C15H23N3O3. The highest BCUT2D eigenvalue weighted by molar-refractivity contribution is 5.51. The third-order valence-corrected chi connectivity index (χ3v) is 3.79. The molecule has 0 unspecified atom stereocenters. The van der Waals surface area contributed by atoms with Crippen LogP contribution in [0.4, 0.5) is 5.69 Å². The molecule has 1 aliphatic rings. The van der Waals surface area contributed by atoms with Gasteiger partial charge < -0.3 is 20.1 Å². The molecule has 2 atom stereocenters. The summed E-state index contributed by atoms with van der Waals surface area (Å²) in [5.74, 6) is 0. The molecule has 6 nitrogen and oxygen atoms in total. The zero-order valence-corrected chi connectivity index (χ0v) is 12.6. The van der Waals surface area contributed by atoms with Crippen LogP contribution in [0.1, 0.15) is 17.5 Å². The fourth-order valence-corrected chi connectivity index (χ4v) is 2.56. The second kappa shape index (κ2) is 7.95. The van der Waals surface area contributed by atoms with E-state index in [0.29, 0.717) is 19.7 Å². The van der Waals surface area contributed by atoms with Gasteiger partial charge in [-0.3, -0.25) is 9.78 Å². The fourth-order valence-electron chi connectivity index (χ4n) is 2.56. The maximum atomic E-state index is 10.2. The number of carbonyl (C=O) groups excluding carboxylic acids is 1. The number of hydrogen-bond donors (Lipinski definition) is 2. The van der Waals surface area contributed by atoms with Crippen LogP contribution >= 0.6 is 0 Å². The molecule has 1 aliphatic heterocycles. The van der Waals surface area contributed by atoms with Gasteiger partial charge in [0.2, 0.25) is 0 Å². The van der Waals surface area contributed by atoms with E-state index in [2.05, 4.69) is 22.5 Å². The Morgan fingerprint density at radius 1 is 1.57 bits per heavy atom. The minimum Gasteiger partial charge on any atom is -0.466 e. The van der Waals surface area contributed by atoms with Crippen molar-refractivity contribution in [2.45, 2.75) is 31.9 Å². The van der Waals surface area contributed by atoms with Crippen molar-refractivity contribution in [3.8, 4) is 0 Å². The van der Waals surface area contributed by atoms with Gasteiger partial charge in [-0.05, 0) is 30.9 Å². The Labute approximate surface area is 125 Å². The van der Waals surface area contributed by atoms with Crippen molar-refractivity contribution in [3.63, 3.8) is 0 Å². The number of nitrogens with zero attached hydrogens (tertiary/aromatic N) is 1. The smallest absolute Gasteiger partial charge is 0.293 e. The molecule has 2 heterocycles. The Hall–Kier alpha value is -1.66. The lowest BCUT2D eigenvalue weighted by molar-refractivity contribution is -0.130. The number of hydrogen-bond acceptors (Lipinski definition) is 6. The number of ether oxygens (including phenoxy) is 2. The van der Waals surface area contributed by atoms with E-state index in [4.69, 9.17) is 9.47 Å². The number of nitrogens with one attached hydrogen (secondary N) is 2. The molecule has 0 bridgehead atoms. The van der Waals surface area contributed by atoms with Crippen LogP contribution in [0, 0.1) is 6.92 Å². The molecule has 1 aromatic heterocycles. The molecule has 116 valence electrons. The quantitative estimate of drug-likeness (QED) is 0.728. The maximum Gasteiger partial charge on any atom is 0.293 e. The average molecular weight is 293 g/mol. The highest BCUT2D eigenvalue weighted by Crippen LogP contribution is 2.21. The van der Waals surface area contributed by atoms with Gasteiger partial charge in [-0.25, -0.2) is 0 Å². The van der Waals surface area contributed by atoms with Crippen LogP contribution in [0.3, 0.4) is 0 Å². The summed E-state index contributed by atoms with van der Waals surface area (Å²) in [4.78, 5) is 14.4. The van der Waals surface area contributed by atoms with Gasteiger partial charge in [0.1, 0.15) is 6.61 Å². The molecule has 0 aliphatic carbocycles. The summed E-state index contributed by atoms with van der Waals surface area (Å²) in [6, 6.07) is 0.0991. The van der Waals surface area contributed by atoms with E-state index in [1.165, 1.54) is 11.1 Å². The van der Waals surface area contributed by atoms with Gasteiger partial charge >= 0.3 is 0 Å². The van der Waals surface area contributed by atoms with Crippen LogP contribution in [0.5, 0.6) is 0 Å². The SMILES string of the molecule is CNc1cncc(C)c1CC[C@@H]1CN[C@H](COC=O)CO1. The highest BCUT2D eigenvalue weighted by Gasteiger charge is 2.21. The summed E-state index contributed by atoms with van der Waals surface area (Å²) in [6.07, 6.45) is 5.84. The molecule has 1 saturated heterocycles. The first-order valence-electron chi connectivity index (χ1n) is 7.26. The van der Waals surface area contributed by atoms with E-state index in [0.717, 1.165) is 25.1 Å². The number of morpholine rings is 1. The molecule has 2 N–H and O–H groups in total. The zero-order valence-electron chi connectivity index (χ0n) is 12.6. The Bertz CT molecular complexity index is 459. The standard InChI is InChI=1S/C15H23N3O3/c1-11-5-17-7-15(16-2)14(11)4-3-13-6-18-12(9-21-13)8-20-10-19/h5,7,10,12-13,16,18H,3-4,6,8-9H2,1-2H3/t12-,13-/m1/s1. The normalized spacial score (nSPS) is 21.8. The summed E-state index contributed by atoms with van der Waals surface area (Å²) >= 11 is 0. The number of rotatable bonds is 7. The van der Waals surface area contributed by atoms with Crippen molar-refractivity contribution in [2.24, 2.45) is 0 Å². The minimum atomic E-state index is 0.0991. The molecule has 21 heavy (non-hydrogen) atoms. The molecule has 0 saturated carbocycles. The van der Waals surface area contributed by atoms with E-state index in [1.54, 1.807) is 0 Å². The zero-order chi connectivity index (χ0) is 15.1. The van der Waals surface area contributed by atoms with E-state index in [1.807, 2.05) is 19.4 Å². The van der Waals surface area contributed by atoms with E-state index < -0.39 is 0 Å². The van der Waals surface area contributed by atoms with Crippen LogP contribution in [0.25, 0.3) is 0 Å². The van der Waals surface area contributed by atoms with Gasteiger partial charge in [-0.2, -0.15) is 0 Å². The Balaban J connectivity index is 1.81. The van der Waals surface area contributed by atoms with Gasteiger partial charge in [0.15, 0.2) is 0 Å². The number of pyridine rings is 1. The second-order valence-electron chi connectivity index (χ2n) is 5.26. The lowest BCUT2D eigenvalue weighted by Gasteiger charge is -2.30. The van der Waals surface area contributed by atoms with Crippen LogP contribution in [-0.4, -0.2) is 50.4 Å². The van der Waals surface area contributed by atoms with Crippen LogP contribution in [0.2, 0.25) is 0 Å².